The number of carbonyl (C=O) groups excluding carboxylic acids is 1. The molecule has 0 radical (unpaired) electrons. The van der Waals surface area contributed by atoms with E-state index in [0.717, 1.165) is 18.8 Å². The Hall–Kier alpha value is -1.07. The Morgan fingerprint density at radius 3 is 2.84 bits per heavy atom. The van der Waals surface area contributed by atoms with Gasteiger partial charge in [0, 0.05) is 19.2 Å². The Bertz CT molecular complexity index is 437. The van der Waals surface area contributed by atoms with Gasteiger partial charge in [0.1, 0.15) is 5.82 Å². The molecule has 3 nitrogen and oxygen atoms in total. The molecule has 1 saturated heterocycles. The lowest BCUT2D eigenvalue weighted by Gasteiger charge is -2.26. The number of halogens is 1. The summed E-state index contributed by atoms with van der Waals surface area (Å²) in [4.78, 5) is 13.5. The number of amides is 1. The lowest BCUT2D eigenvalue weighted by molar-refractivity contribution is -0.127. The van der Waals surface area contributed by atoms with E-state index < -0.39 is 0 Å². The standard InChI is InChI=1S/C14H19FN2OS/c1-17(8-12-4-2-3-5-13(12)15)14(18)10-19-9-11-6-16-7-11/h2-5,11,16H,6-10H2,1H3. The molecule has 1 aliphatic rings. The van der Waals surface area contributed by atoms with Crippen LogP contribution in [0.4, 0.5) is 4.39 Å². The summed E-state index contributed by atoms with van der Waals surface area (Å²) in [7, 11) is 1.72. The van der Waals surface area contributed by atoms with Gasteiger partial charge in [0.25, 0.3) is 0 Å². The summed E-state index contributed by atoms with van der Waals surface area (Å²) in [6, 6.07) is 6.58. The molecule has 0 atom stereocenters. The maximum absolute atomic E-state index is 13.5. The second-order valence-corrected chi connectivity index (χ2v) is 5.91. The summed E-state index contributed by atoms with van der Waals surface area (Å²) in [6.45, 7) is 2.45. The quantitative estimate of drug-likeness (QED) is 0.862. The number of benzene rings is 1. The number of carbonyl (C=O) groups is 1. The highest BCUT2D eigenvalue weighted by molar-refractivity contribution is 7.99. The van der Waals surface area contributed by atoms with Gasteiger partial charge in [0.2, 0.25) is 5.91 Å². The zero-order chi connectivity index (χ0) is 13.7. The third kappa shape index (κ3) is 4.21. The van der Waals surface area contributed by atoms with Gasteiger partial charge in [-0.3, -0.25) is 4.79 Å². The highest BCUT2D eigenvalue weighted by Gasteiger charge is 2.17. The van der Waals surface area contributed by atoms with Crippen LogP contribution in [0.25, 0.3) is 0 Å². The minimum Gasteiger partial charge on any atom is -0.341 e. The van der Waals surface area contributed by atoms with Gasteiger partial charge in [0.05, 0.1) is 5.75 Å². The molecule has 0 aliphatic carbocycles. The van der Waals surface area contributed by atoms with Gasteiger partial charge in [-0.2, -0.15) is 11.8 Å². The van der Waals surface area contributed by atoms with Crippen molar-refractivity contribution in [3.8, 4) is 0 Å². The predicted octanol–water partition coefficient (Wildman–Crippen LogP) is 1.74. The highest BCUT2D eigenvalue weighted by atomic mass is 32.2. The summed E-state index contributed by atoms with van der Waals surface area (Å²) in [5.41, 5.74) is 0.562. The van der Waals surface area contributed by atoms with E-state index >= 15 is 0 Å². The van der Waals surface area contributed by atoms with Crippen LogP contribution >= 0.6 is 11.8 Å². The first-order valence-electron chi connectivity index (χ1n) is 6.42. The molecule has 0 saturated carbocycles. The van der Waals surface area contributed by atoms with Crippen LogP contribution < -0.4 is 5.32 Å². The Morgan fingerprint density at radius 1 is 1.47 bits per heavy atom. The van der Waals surface area contributed by atoms with Crippen molar-refractivity contribution in [2.45, 2.75) is 6.54 Å². The van der Waals surface area contributed by atoms with E-state index in [0.29, 0.717) is 23.8 Å². The fraction of sp³-hybridized carbons (Fsp3) is 0.500. The summed E-state index contributed by atoms with van der Waals surface area (Å²) < 4.78 is 13.5. The van der Waals surface area contributed by atoms with E-state index in [-0.39, 0.29) is 11.7 Å². The monoisotopic (exact) mass is 282 g/mol. The van der Waals surface area contributed by atoms with Crippen molar-refractivity contribution in [3.63, 3.8) is 0 Å². The lowest BCUT2D eigenvalue weighted by atomic mass is 10.1. The second-order valence-electron chi connectivity index (χ2n) is 4.88. The van der Waals surface area contributed by atoms with E-state index in [1.165, 1.54) is 6.07 Å². The minimum absolute atomic E-state index is 0.0561. The normalized spacial score (nSPS) is 15.1. The van der Waals surface area contributed by atoms with Crippen molar-refractivity contribution < 1.29 is 9.18 Å². The first kappa shape index (κ1) is 14.3. The van der Waals surface area contributed by atoms with Crippen LogP contribution in [-0.4, -0.2) is 42.4 Å². The number of thioether (sulfide) groups is 1. The molecule has 5 heteroatoms. The molecule has 1 aliphatic heterocycles. The SMILES string of the molecule is CN(Cc1ccccc1F)C(=O)CSCC1CNC1. The molecule has 1 aromatic carbocycles. The number of nitrogens with one attached hydrogen (secondary N) is 1. The van der Waals surface area contributed by atoms with Crippen molar-refractivity contribution in [1.29, 1.82) is 0 Å². The van der Waals surface area contributed by atoms with Crippen molar-refractivity contribution in [3.05, 3.63) is 35.6 Å². The average Bonchev–Trinajstić information content (AvgIpc) is 2.34. The predicted molar refractivity (Wildman–Crippen MR) is 76.6 cm³/mol. The Morgan fingerprint density at radius 2 is 2.21 bits per heavy atom. The van der Waals surface area contributed by atoms with Crippen LogP contribution in [0.15, 0.2) is 24.3 Å². The largest absolute Gasteiger partial charge is 0.341 e. The fourth-order valence-electron chi connectivity index (χ4n) is 1.86. The number of nitrogens with zero attached hydrogens (tertiary/aromatic N) is 1. The van der Waals surface area contributed by atoms with E-state index in [2.05, 4.69) is 5.32 Å². The van der Waals surface area contributed by atoms with Crippen LogP contribution in [0, 0.1) is 11.7 Å². The van der Waals surface area contributed by atoms with Crippen LogP contribution in [-0.2, 0) is 11.3 Å². The van der Waals surface area contributed by atoms with Crippen LogP contribution in [0.2, 0.25) is 0 Å². The molecule has 1 aromatic rings. The number of hydrogen-bond donors (Lipinski definition) is 1. The Kier molecular flexibility index (Phi) is 5.22. The zero-order valence-corrected chi connectivity index (χ0v) is 11.9. The third-order valence-corrected chi connectivity index (χ3v) is 4.39. The van der Waals surface area contributed by atoms with Crippen LogP contribution in [0.1, 0.15) is 5.56 Å². The van der Waals surface area contributed by atoms with E-state index in [4.69, 9.17) is 0 Å². The van der Waals surface area contributed by atoms with Gasteiger partial charge in [-0.1, -0.05) is 18.2 Å². The van der Waals surface area contributed by atoms with Gasteiger partial charge in [0.15, 0.2) is 0 Å². The van der Waals surface area contributed by atoms with Gasteiger partial charge >= 0.3 is 0 Å². The molecule has 0 bridgehead atoms. The second kappa shape index (κ2) is 6.91. The molecule has 1 fully saturated rings. The van der Waals surface area contributed by atoms with Crippen molar-refractivity contribution in [1.82, 2.24) is 10.2 Å². The van der Waals surface area contributed by atoms with Crippen molar-refractivity contribution in [2.24, 2.45) is 5.92 Å². The van der Waals surface area contributed by atoms with Gasteiger partial charge in [-0.05, 0) is 30.8 Å². The maximum atomic E-state index is 13.5. The summed E-state index contributed by atoms with van der Waals surface area (Å²) in [6.07, 6.45) is 0. The molecule has 104 valence electrons. The molecule has 0 aromatic heterocycles. The molecule has 2 rings (SSSR count). The number of hydrogen-bond acceptors (Lipinski definition) is 3. The molecule has 1 N–H and O–H groups in total. The van der Waals surface area contributed by atoms with Crippen LogP contribution in [0.5, 0.6) is 0 Å². The van der Waals surface area contributed by atoms with E-state index in [9.17, 15) is 9.18 Å². The molecular formula is C14H19FN2OS. The topological polar surface area (TPSA) is 32.3 Å². The molecule has 1 heterocycles. The Balaban J connectivity index is 1.73. The molecule has 1 amide bonds. The van der Waals surface area contributed by atoms with E-state index in [1.54, 1.807) is 41.9 Å². The van der Waals surface area contributed by atoms with Crippen LogP contribution in [0.3, 0.4) is 0 Å². The average molecular weight is 282 g/mol. The first-order chi connectivity index (χ1) is 9.16. The minimum atomic E-state index is -0.254. The zero-order valence-electron chi connectivity index (χ0n) is 11.1. The third-order valence-electron chi connectivity index (χ3n) is 3.24. The maximum Gasteiger partial charge on any atom is 0.232 e. The lowest BCUT2D eigenvalue weighted by Crippen LogP contribution is -2.43. The summed E-state index contributed by atoms with van der Waals surface area (Å²) in [5, 5.41) is 3.21. The number of rotatable bonds is 6. The highest BCUT2D eigenvalue weighted by Crippen LogP contribution is 2.14. The van der Waals surface area contributed by atoms with Crippen molar-refractivity contribution >= 4 is 17.7 Å². The van der Waals surface area contributed by atoms with Gasteiger partial charge in [-0.15, -0.1) is 0 Å². The molecule has 0 spiro atoms. The summed E-state index contributed by atoms with van der Waals surface area (Å²) >= 11 is 1.66. The molecular weight excluding hydrogens is 263 g/mol. The summed E-state index contributed by atoms with van der Waals surface area (Å²) in [5.74, 6) is 2.00. The first-order valence-corrected chi connectivity index (χ1v) is 7.58. The van der Waals surface area contributed by atoms with Crippen molar-refractivity contribution in [2.75, 3.05) is 31.6 Å². The fourth-order valence-corrected chi connectivity index (χ4v) is 2.94. The van der Waals surface area contributed by atoms with Gasteiger partial charge in [-0.25, -0.2) is 4.39 Å². The smallest absolute Gasteiger partial charge is 0.232 e. The molecule has 19 heavy (non-hydrogen) atoms. The van der Waals surface area contributed by atoms with Gasteiger partial charge < -0.3 is 10.2 Å². The molecule has 0 unspecified atom stereocenters. The Labute approximate surface area is 117 Å². The van der Waals surface area contributed by atoms with E-state index in [1.807, 2.05) is 0 Å².